The number of hydrogen-bond acceptors (Lipinski definition) is 6. The Kier molecular flexibility index (Phi) is 5.16. The number of amides is 2. The fourth-order valence-electron chi connectivity index (χ4n) is 4.39. The Morgan fingerprint density at radius 3 is 1.58 bits per heavy atom. The largest absolute Gasteiger partial charge is 0.398 e. The van der Waals surface area contributed by atoms with Crippen molar-refractivity contribution in [2.75, 3.05) is 25.6 Å². The maximum atomic E-state index is 13.7. The van der Waals surface area contributed by atoms with Gasteiger partial charge in [-0.25, -0.2) is 0 Å². The second-order valence-corrected chi connectivity index (χ2v) is 8.48. The monoisotopic (exact) mass is 442 g/mol. The van der Waals surface area contributed by atoms with E-state index < -0.39 is 17.2 Å². The first-order chi connectivity index (χ1) is 15.5. The molecule has 0 aliphatic heterocycles. The zero-order valence-corrected chi connectivity index (χ0v) is 19.0. The smallest absolute Gasteiger partial charge is 0.246 e. The molecule has 0 aliphatic rings. The molecule has 2 aromatic carbocycles. The molecule has 2 heterocycles. The molecule has 33 heavy (non-hydrogen) atoms. The summed E-state index contributed by atoms with van der Waals surface area (Å²) < 4.78 is 0. The second kappa shape index (κ2) is 7.74. The normalized spacial score (nSPS) is 11.6. The lowest BCUT2D eigenvalue weighted by Gasteiger charge is -2.33. The number of pyridine rings is 2. The molecule has 0 unspecified atom stereocenters. The number of carbonyl (C=O) groups is 2. The van der Waals surface area contributed by atoms with Crippen LogP contribution in [0.2, 0.25) is 0 Å². The molecule has 8 nitrogen and oxygen atoms in total. The van der Waals surface area contributed by atoms with Gasteiger partial charge >= 0.3 is 0 Å². The third-order valence-corrected chi connectivity index (χ3v) is 5.90. The van der Waals surface area contributed by atoms with E-state index >= 15 is 0 Å². The van der Waals surface area contributed by atoms with Crippen LogP contribution in [0, 0.1) is 13.8 Å². The number of anilines is 2. The van der Waals surface area contributed by atoms with E-state index in [1.165, 1.54) is 4.90 Å². The predicted molar refractivity (Wildman–Crippen MR) is 130 cm³/mol. The van der Waals surface area contributed by atoms with Gasteiger partial charge in [-0.2, -0.15) is 0 Å². The molecule has 0 fully saturated rings. The fourth-order valence-corrected chi connectivity index (χ4v) is 4.39. The molecule has 4 aromatic rings. The number of fused-ring (bicyclic) bond motifs is 2. The number of likely N-dealkylation sites (N-methyl/N-ethyl adjacent to an activating group) is 1. The third-order valence-electron chi connectivity index (χ3n) is 5.90. The summed E-state index contributed by atoms with van der Waals surface area (Å²) in [5.74, 6) is -1.29. The Bertz CT molecular complexity index is 1350. The van der Waals surface area contributed by atoms with Gasteiger partial charge in [0.25, 0.3) is 0 Å². The van der Waals surface area contributed by atoms with Crippen molar-refractivity contribution in [3.05, 3.63) is 71.0 Å². The van der Waals surface area contributed by atoms with Crippen LogP contribution in [-0.4, -0.2) is 40.8 Å². The number of aryl methyl sites for hydroxylation is 2. The van der Waals surface area contributed by atoms with E-state index in [9.17, 15) is 9.59 Å². The molecule has 8 heteroatoms. The van der Waals surface area contributed by atoms with E-state index in [4.69, 9.17) is 17.2 Å². The van der Waals surface area contributed by atoms with Crippen molar-refractivity contribution in [3.63, 3.8) is 0 Å². The Hall–Kier alpha value is -4.20. The van der Waals surface area contributed by atoms with E-state index in [0.29, 0.717) is 44.3 Å². The van der Waals surface area contributed by atoms with Crippen LogP contribution in [0.25, 0.3) is 21.8 Å². The van der Waals surface area contributed by atoms with Crippen molar-refractivity contribution < 1.29 is 9.59 Å². The Morgan fingerprint density at radius 1 is 0.788 bits per heavy atom. The minimum Gasteiger partial charge on any atom is -0.398 e. The summed E-state index contributed by atoms with van der Waals surface area (Å²) in [6, 6.07) is 13.8. The molecule has 0 bridgehead atoms. The number of nitrogens with two attached hydrogens (primary N) is 3. The number of hydrogen-bond donors (Lipinski definition) is 3. The average molecular weight is 443 g/mol. The van der Waals surface area contributed by atoms with Crippen molar-refractivity contribution in [2.45, 2.75) is 19.3 Å². The molecule has 0 spiro atoms. The average Bonchev–Trinajstić information content (AvgIpc) is 2.74. The lowest BCUT2D eigenvalue weighted by Crippen LogP contribution is -2.53. The highest BCUT2D eigenvalue weighted by Crippen LogP contribution is 2.38. The maximum Gasteiger partial charge on any atom is 0.246 e. The van der Waals surface area contributed by atoms with Crippen molar-refractivity contribution in [1.82, 2.24) is 14.9 Å². The van der Waals surface area contributed by atoms with E-state index in [2.05, 4.69) is 9.97 Å². The maximum absolute atomic E-state index is 13.7. The number of primary amides is 1. The number of nitrogen functional groups attached to an aromatic ring is 2. The Morgan fingerprint density at radius 2 is 1.21 bits per heavy atom. The van der Waals surface area contributed by atoms with Gasteiger partial charge in [0.05, 0.1) is 11.0 Å². The van der Waals surface area contributed by atoms with Gasteiger partial charge in [0.2, 0.25) is 11.8 Å². The zero-order chi connectivity index (χ0) is 24.1. The molecular weight excluding hydrogens is 416 g/mol. The highest BCUT2D eigenvalue weighted by Gasteiger charge is 2.49. The summed E-state index contributed by atoms with van der Waals surface area (Å²) in [7, 11) is 3.17. The first-order valence-corrected chi connectivity index (χ1v) is 10.4. The summed E-state index contributed by atoms with van der Waals surface area (Å²) in [5.41, 5.74) is 21.4. The second-order valence-electron chi connectivity index (χ2n) is 8.48. The summed E-state index contributed by atoms with van der Waals surface area (Å²) >= 11 is 0. The van der Waals surface area contributed by atoms with Crippen LogP contribution < -0.4 is 17.2 Å². The molecule has 2 amide bonds. The van der Waals surface area contributed by atoms with Gasteiger partial charge in [0, 0.05) is 47.6 Å². The summed E-state index contributed by atoms with van der Waals surface area (Å²) in [6.45, 7) is 3.70. The van der Waals surface area contributed by atoms with Crippen molar-refractivity contribution in [3.8, 4) is 0 Å². The standard InChI is InChI=1S/C25H26N6O2/c1-13-9-19(26)17-11-15(5-7-21(17)29-13)25(23(28)32,24(33)31(3)4)16-6-8-22-18(12-16)20(27)10-14(2)30-22/h5-12H,1-4H3,(H2,26,29)(H2,27,30)(H2,28,32). The number of nitrogens with zero attached hydrogens (tertiary/aromatic N) is 3. The quantitative estimate of drug-likeness (QED) is 0.415. The minimum absolute atomic E-state index is 0.400. The lowest BCUT2D eigenvalue weighted by molar-refractivity contribution is -0.139. The Balaban J connectivity index is 2.09. The van der Waals surface area contributed by atoms with E-state index in [1.54, 1.807) is 62.6 Å². The molecular formula is C25H26N6O2. The molecule has 0 aliphatic carbocycles. The highest BCUT2D eigenvalue weighted by molar-refractivity contribution is 6.15. The van der Waals surface area contributed by atoms with Crippen LogP contribution in [-0.2, 0) is 15.0 Å². The highest BCUT2D eigenvalue weighted by atomic mass is 16.2. The van der Waals surface area contributed by atoms with Crippen molar-refractivity contribution >= 4 is 45.0 Å². The van der Waals surface area contributed by atoms with Crippen LogP contribution in [0.3, 0.4) is 0 Å². The first-order valence-electron chi connectivity index (χ1n) is 10.4. The van der Waals surface area contributed by atoms with Crippen LogP contribution in [0.5, 0.6) is 0 Å². The molecule has 0 atom stereocenters. The third kappa shape index (κ3) is 3.40. The van der Waals surface area contributed by atoms with Crippen molar-refractivity contribution in [2.24, 2.45) is 5.73 Å². The molecule has 0 radical (unpaired) electrons. The summed E-state index contributed by atoms with van der Waals surface area (Å²) in [5, 5.41) is 1.26. The predicted octanol–water partition coefficient (Wildman–Crippen LogP) is 2.42. The SMILES string of the molecule is Cc1cc(N)c2cc(C(C(N)=O)(C(=O)N(C)C)c3ccc4nc(C)cc(N)c4c3)ccc2n1. The number of benzene rings is 2. The molecule has 6 N–H and O–H groups in total. The van der Waals surface area contributed by atoms with E-state index in [1.807, 2.05) is 13.8 Å². The lowest BCUT2D eigenvalue weighted by atomic mass is 9.72. The Labute approximate surface area is 191 Å². The molecule has 4 rings (SSSR count). The number of carbonyl (C=O) groups excluding carboxylic acids is 2. The summed E-state index contributed by atoms with van der Waals surface area (Å²) in [6.07, 6.45) is 0. The zero-order valence-electron chi connectivity index (χ0n) is 19.0. The van der Waals surface area contributed by atoms with E-state index in [0.717, 1.165) is 11.4 Å². The van der Waals surface area contributed by atoms with Crippen molar-refractivity contribution in [1.29, 1.82) is 0 Å². The van der Waals surface area contributed by atoms with Crippen LogP contribution in [0.15, 0.2) is 48.5 Å². The van der Waals surface area contributed by atoms with Gasteiger partial charge in [-0.15, -0.1) is 0 Å². The number of aromatic nitrogens is 2. The van der Waals surface area contributed by atoms with Gasteiger partial charge < -0.3 is 22.1 Å². The van der Waals surface area contributed by atoms with Crippen LogP contribution >= 0.6 is 0 Å². The van der Waals surface area contributed by atoms with Gasteiger partial charge in [0.1, 0.15) is 0 Å². The topological polar surface area (TPSA) is 141 Å². The number of rotatable bonds is 4. The van der Waals surface area contributed by atoms with Gasteiger partial charge in [0.15, 0.2) is 5.41 Å². The van der Waals surface area contributed by atoms with Crippen LogP contribution in [0.4, 0.5) is 11.4 Å². The van der Waals surface area contributed by atoms with Gasteiger partial charge in [-0.05, 0) is 61.4 Å². The summed E-state index contributed by atoms with van der Waals surface area (Å²) in [4.78, 5) is 37.2. The van der Waals surface area contributed by atoms with E-state index in [-0.39, 0.29) is 0 Å². The van der Waals surface area contributed by atoms with Gasteiger partial charge in [-0.3, -0.25) is 19.6 Å². The molecule has 168 valence electrons. The van der Waals surface area contributed by atoms with Gasteiger partial charge in [-0.1, -0.05) is 12.1 Å². The molecule has 0 saturated carbocycles. The van der Waals surface area contributed by atoms with Crippen LogP contribution in [0.1, 0.15) is 22.5 Å². The minimum atomic E-state index is -1.81. The molecule has 0 saturated heterocycles. The fraction of sp³-hybridized carbons (Fsp3) is 0.200. The molecule has 2 aromatic heterocycles. The first kappa shape index (κ1) is 22.0.